The lowest BCUT2D eigenvalue weighted by Gasteiger charge is -2.29. The first-order valence-electron chi connectivity index (χ1n) is 9.81. The highest BCUT2D eigenvalue weighted by Gasteiger charge is 2.25. The Morgan fingerprint density at radius 2 is 1.86 bits per heavy atom. The topological polar surface area (TPSA) is 58.6 Å². The van der Waals surface area contributed by atoms with Gasteiger partial charge in [0.1, 0.15) is 11.8 Å². The summed E-state index contributed by atoms with van der Waals surface area (Å²) >= 11 is 0. The van der Waals surface area contributed by atoms with Crippen LogP contribution in [0.5, 0.6) is 5.75 Å². The molecule has 0 spiro atoms. The number of amides is 2. The van der Waals surface area contributed by atoms with Crippen LogP contribution in [0.3, 0.4) is 0 Å². The minimum atomic E-state index is -0.525. The zero-order valence-electron chi connectivity index (χ0n) is 17.0. The van der Waals surface area contributed by atoms with Crippen LogP contribution >= 0.6 is 0 Å². The second kappa shape index (κ2) is 11.1. The van der Waals surface area contributed by atoms with Crippen molar-refractivity contribution in [3.8, 4) is 5.75 Å². The number of carbonyl (C=O) groups excluding carboxylic acids is 2. The van der Waals surface area contributed by atoms with E-state index in [2.05, 4.69) is 5.32 Å². The van der Waals surface area contributed by atoms with E-state index in [1.807, 2.05) is 68.4 Å². The van der Waals surface area contributed by atoms with E-state index < -0.39 is 6.04 Å². The Balaban J connectivity index is 1.98. The molecule has 150 valence electrons. The minimum Gasteiger partial charge on any atom is -0.494 e. The van der Waals surface area contributed by atoms with E-state index in [9.17, 15) is 9.59 Å². The summed E-state index contributed by atoms with van der Waals surface area (Å²) in [5.41, 5.74) is 2.15. The number of rotatable bonds is 10. The van der Waals surface area contributed by atoms with Gasteiger partial charge in [0, 0.05) is 19.5 Å². The third-order valence-electron chi connectivity index (χ3n) is 4.50. The lowest BCUT2D eigenvalue weighted by molar-refractivity contribution is -0.140. The van der Waals surface area contributed by atoms with Crippen LogP contribution in [0.15, 0.2) is 54.6 Å². The average molecular weight is 383 g/mol. The van der Waals surface area contributed by atoms with Gasteiger partial charge in [0.15, 0.2) is 0 Å². The SMILES string of the molecule is CCNC(=O)[C@H](C)N(Cc1cccc(C)c1)C(=O)CCCOc1ccccc1. The van der Waals surface area contributed by atoms with Gasteiger partial charge in [0.05, 0.1) is 6.61 Å². The van der Waals surface area contributed by atoms with E-state index in [1.165, 1.54) is 0 Å². The lowest BCUT2D eigenvalue weighted by Crippen LogP contribution is -2.47. The van der Waals surface area contributed by atoms with Crippen LogP contribution < -0.4 is 10.1 Å². The molecular formula is C23H30N2O3. The van der Waals surface area contributed by atoms with Crippen LogP contribution in [0, 0.1) is 6.92 Å². The molecule has 5 heteroatoms. The van der Waals surface area contributed by atoms with Gasteiger partial charge in [-0.25, -0.2) is 0 Å². The van der Waals surface area contributed by atoms with Gasteiger partial charge in [-0.1, -0.05) is 48.0 Å². The Bertz CT molecular complexity index is 761. The van der Waals surface area contributed by atoms with Crippen LogP contribution in [-0.4, -0.2) is 35.9 Å². The highest BCUT2D eigenvalue weighted by atomic mass is 16.5. The van der Waals surface area contributed by atoms with Gasteiger partial charge in [-0.05, 0) is 44.9 Å². The molecule has 2 aromatic carbocycles. The summed E-state index contributed by atoms with van der Waals surface area (Å²) in [6.07, 6.45) is 0.933. The van der Waals surface area contributed by atoms with Crippen LogP contribution in [0.2, 0.25) is 0 Å². The fourth-order valence-electron chi connectivity index (χ4n) is 2.99. The van der Waals surface area contributed by atoms with Crippen molar-refractivity contribution in [2.75, 3.05) is 13.2 Å². The number of para-hydroxylation sites is 1. The number of nitrogens with zero attached hydrogens (tertiary/aromatic N) is 1. The Labute approximate surface area is 167 Å². The third kappa shape index (κ3) is 6.72. The van der Waals surface area contributed by atoms with Crippen molar-refractivity contribution in [1.29, 1.82) is 0 Å². The largest absolute Gasteiger partial charge is 0.494 e. The molecule has 0 saturated carbocycles. The van der Waals surface area contributed by atoms with Crippen molar-refractivity contribution >= 4 is 11.8 Å². The molecule has 0 aliphatic rings. The smallest absolute Gasteiger partial charge is 0.242 e. The standard InChI is InChI=1S/C23H30N2O3/c1-4-24-23(27)19(3)25(17-20-11-8-10-18(2)16-20)22(26)14-9-15-28-21-12-6-5-7-13-21/h5-8,10-13,16,19H,4,9,14-15,17H2,1-3H3,(H,24,27)/t19-/m0/s1. The van der Waals surface area contributed by atoms with Gasteiger partial charge in [-0.15, -0.1) is 0 Å². The molecule has 2 rings (SSSR count). The van der Waals surface area contributed by atoms with Crippen molar-refractivity contribution in [1.82, 2.24) is 10.2 Å². The summed E-state index contributed by atoms with van der Waals surface area (Å²) in [6, 6.07) is 17.0. The zero-order valence-corrected chi connectivity index (χ0v) is 17.0. The molecule has 1 N–H and O–H groups in total. The maximum Gasteiger partial charge on any atom is 0.242 e. The van der Waals surface area contributed by atoms with Gasteiger partial charge in [-0.3, -0.25) is 9.59 Å². The lowest BCUT2D eigenvalue weighted by atomic mass is 10.1. The molecule has 2 aromatic rings. The van der Waals surface area contributed by atoms with Crippen molar-refractivity contribution in [3.05, 3.63) is 65.7 Å². The van der Waals surface area contributed by atoms with Gasteiger partial charge < -0.3 is 15.0 Å². The van der Waals surface area contributed by atoms with E-state index in [4.69, 9.17) is 4.74 Å². The van der Waals surface area contributed by atoms with E-state index >= 15 is 0 Å². The predicted octanol–water partition coefficient (Wildman–Crippen LogP) is 3.71. The number of benzene rings is 2. The van der Waals surface area contributed by atoms with E-state index in [1.54, 1.807) is 11.8 Å². The Morgan fingerprint density at radius 1 is 1.11 bits per heavy atom. The van der Waals surface area contributed by atoms with Crippen molar-refractivity contribution < 1.29 is 14.3 Å². The Morgan fingerprint density at radius 3 is 2.54 bits per heavy atom. The van der Waals surface area contributed by atoms with E-state index in [0.717, 1.165) is 16.9 Å². The van der Waals surface area contributed by atoms with E-state index in [0.29, 0.717) is 32.5 Å². The molecular weight excluding hydrogens is 352 g/mol. The normalized spacial score (nSPS) is 11.5. The summed E-state index contributed by atoms with van der Waals surface area (Å²) in [5.74, 6) is 0.614. The zero-order chi connectivity index (χ0) is 20.4. The molecule has 0 fully saturated rings. The van der Waals surface area contributed by atoms with Crippen molar-refractivity contribution in [3.63, 3.8) is 0 Å². The second-order valence-corrected chi connectivity index (χ2v) is 6.85. The van der Waals surface area contributed by atoms with Crippen LogP contribution in [-0.2, 0) is 16.1 Å². The average Bonchev–Trinajstić information content (AvgIpc) is 2.70. The minimum absolute atomic E-state index is 0.0445. The van der Waals surface area contributed by atoms with Crippen molar-refractivity contribution in [2.45, 2.75) is 46.2 Å². The molecule has 1 atom stereocenters. The molecule has 0 radical (unpaired) electrons. The highest BCUT2D eigenvalue weighted by Crippen LogP contribution is 2.14. The first-order chi connectivity index (χ1) is 13.5. The molecule has 0 saturated heterocycles. The molecule has 0 aromatic heterocycles. The summed E-state index contributed by atoms with van der Waals surface area (Å²) in [7, 11) is 0. The first kappa shape index (κ1) is 21.5. The van der Waals surface area contributed by atoms with Gasteiger partial charge >= 0.3 is 0 Å². The Hall–Kier alpha value is -2.82. The molecule has 0 aliphatic carbocycles. The number of hydrogen-bond donors (Lipinski definition) is 1. The summed E-state index contributed by atoms with van der Waals surface area (Å²) in [4.78, 5) is 26.9. The van der Waals surface area contributed by atoms with Gasteiger partial charge in [-0.2, -0.15) is 0 Å². The summed E-state index contributed by atoms with van der Waals surface area (Å²) in [6.45, 7) is 7.09. The van der Waals surface area contributed by atoms with Crippen LogP contribution in [0.4, 0.5) is 0 Å². The number of ether oxygens (including phenoxy) is 1. The highest BCUT2D eigenvalue weighted by molar-refractivity contribution is 5.87. The molecule has 0 unspecified atom stereocenters. The summed E-state index contributed by atoms with van der Waals surface area (Å²) < 4.78 is 5.67. The quantitative estimate of drug-likeness (QED) is 0.637. The monoisotopic (exact) mass is 382 g/mol. The van der Waals surface area contributed by atoms with Crippen LogP contribution in [0.25, 0.3) is 0 Å². The number of aryl methyl sites for hydroxylation is 1. The van der Waals surface area contributed by atoms with E-state index in [-0.39, 0.29) is 11.8 Å². The Kier molecular flexibility index (Phi) is 8.53. The second-order valence-electron chi connectivity index (χ2n) is 6.85. The van der Waals surface area contributed by atoms with Crippen LogP contribution in [0.1, 0.15) is 37.8 Å². The number of nitrogens with one attached hydrogen (secondary N) is 1. The number of likely N-dealkylation sites (N-methyl/N-ethyl adjacent to an activating group) is 1. The molecule has 0 aliphatic heterocycles. The fraction of sp³-hybridized carbons (Fsp3) is 0.391. The summed E-state index contributed by atoms with van der Waals surface area (Å²) in [5, 5.41) is 2.81. The molecule has 0 heterocycles. The van der Waals surface area contributed by atoms with Gasteiger partial charge in [0.2, 0.25) is 11.8 Å². The maximum atomic E-state index is 12.9. The molecule has 2 amide bonds. The predicted molar refractivity (Wildman–Crippen MR) is 111 cm³/mol. The fourth-order valence-corrected chi connectivity index (χ4v) is 2.99. The molecule has 28 heavy (non-hydrogen) atoms. The molecule has 5 nitrogen and oxygen atoms in total. The third-order valence-corrected chi connectivity index (χ3v) is 4.50. The molecule has 0 bridgehead atoms. The van der Waals surface area contributed by atoms with Gasteiger partial charge in [0.25, 0.3) is 0 Å². The maximum absolute atomic E-state index is 12.9. The first-order valence-corrected chi connectivity index (χ1v) is 9.81. The number of hydrogen-bond acceptors (Lipinski definition) is 3. The van der Waals surface area contributed by atoms with Crippen molar-refractivity contribution in [2.24, 2.45) is 0 Å². The number of carbonyl (C=O) groups is 2.